The summed E-state index contributed by atoms with van der Waals surface area (Å²) in [4.78, 5) is 29.6. The Bertz CT molecular complexity index is 1120. The molecule has 4 atom stereocenters. The largest absolute Gasteiger partial charge is 0.461 e. The van der Waals surface area contributed by atoms with E-state index in [0.717, 1.165) is 24.8 Å². The van der Waals surface area contributed by atoms with E-state index in [9.17, 15) is 14.0 Å². The van der Waals surface area contributed by atoms with Crippen LogP contribution in [0.3, 0.4) is 0 Å². The quantitative estimate of drug-likeness (QED) is 0.602. The lowest BCUT2D eigenvalue weighted by molar-refractivity contribution is -0.152. The molecule has 0 spiro atoms. The van der Waals surface area contributed by atoms with Crippen LogP contribution in [-0.4, -0.2) is 32.7 Å². The Labute approximate surface area is 184 Å². The van der Waals surface area contributed by atoms with Crippen molar-refractivity contribution in [1.82, 2.24) is 20.1 Å². The first-order valence-electron chi connectivity index (χ1n) is 10.8. The van der Waals surface area contributed by atoms with Crippen LogP contribution in [0.2, 0.25) is 0 Å². The van der Waals surface area contributed by atoms with Crippen molar-refractivity contribution in [3.63, 3.8) is 0 Å². The fourth-order valence-corrected chi connectivity index (χ4v) is 5.06. The summed E-state index contributed by atoms with van der Waals surface area (Å²) in [5.74, 6) is -1.18. The summed E-state index contributed by atoms with van der Waals surface area (Å²) in [5.41, 5.74) is 1.33. The van der Waals surface area contributed by atoms with Crippen LogP contribution in [0.5, 0.6) is 0 Å². The van der Waals surface area contributed by atoms with Crippen molar-refractivity contribution in [2.75, 3.05) is 0 Å². The first-order chi connectivity index (χ1) is 15.6. The zero-order chi connectivity index (χ0) is 22.1. The van der Waals surface area contributed by atoms with Gasteiger partial charge in [0.15, 0.2) is 0 Å². The molecule has 1 amide bonds. The lowest BCUT2D eigenvalue weighted by atomic mass is 9.84. The summed E-state index contributed by atoms with van der Waals surface area (Å²) in [6.45, 7) is 0.211. The Hall–Kier alpha value is -3.55. The predicted molar refractivity (Wildman–Crippen MR) is 113 cm³/mol. The topological polar surface area (TPSA) is 86.1 Å². The number of esters is 1. The van der Waals surface area contributed by atoms with Crippen LogP contribution in [0.4, 0.5) is 4.39 Å². The molecule has 1 heterocycles. The van der Waals surface area contributed by atoms with Crippen LogP contribution in [0.25, 0.3) is 5.69 Å². The van der Waals surface area contributed by atoms with Crippen LogP contribution in [0, 0.1) is 23.6 Å². The summed E-state index contributed by atoms with van der Waals surface area (Å²) in [6.07, 6.45) is 5.53. The Balaban J connectivity index is 1.28. The van der Waals surface area contributed by atoms with Gasteiger partial charge in [0.1, 0.15) is 30.8 Å². The molecule has 2 bridgehead atoms. The first kappa shape index (κ1) is 20.4. The van der Waals surface area contributed by atoms with Crippen molar-refractivity contribution < 1.29 is 18.7 Å². The van der Waals surface area contributed by atoms with Gasteiger partial charge in [-0.05, 0) is 54.9 Å². The van der Waals surface area contributed by atoms with Gasteiger partial charge < -0.3 is 10.1 Å². The maximum atomic E-state index is 14.6. The van der Waals surface area contributed by atoms with Crippen molar-refractivity contribution in [2.24, 2.45) is 17.8 Å². The van der Waals surface area contributed by atoms with E-state index in [1.54, 1.807) is 6.07 Å². The number of nitrogens with zero attached hydrogens (tertiary/aromatic N) is 3. The van der Waals surface area contributed by atoms with Gasteiger partial charge in [0.2, 0.25) is 0 Å². The van der Waals surface area contributed by atoms with E-state index in [1.165, 1.54) is 29.5 Å². The number of hydrogen-bond donors (Lipinski definition) is 1. The highest BCUT2D eigenvalue weighted by molar-refractivity contribution is 5.95. The van der Waals surface area contributed by atoms with Gasteiger partial charge in [0.05, 0.1) is 5.92 Å². The average molecular weight is 434 g/mol. The minimum atomic E-state index is -0.574. The second-order valence-electron chi connectivity index (χ2n) is 8.46. The van der Waals surface area contributed by atoms with E-state index >= 15 is 0 Å². The number of benzene rings is 2. The third-order valence-electron chi connectivity index (χ3n) is 6.59. The highest BCUT2D eigenvalue weighted by Crippen LogP contribution is 2.49. The number of halogens is 1. The van der Waals surface area contributed by atoms with E-state index < -0.39 is 11.7 Å². The summed E-state index contributed by atoms with van der Waals surface area (Å²) >= 11 is 0. The molecule has 3 aromatic rings. The lowest BCUT2D eigenvalue weighted by Gasteiger charge is -2.30. The number of rotatable bonds is 6. The normalized spacial score (nSPS) is 23.8. The number of carbonyl (C=O) groups excluding carboxylic acids is 2. The number of fused-ring (bicyclic) bond motifs is 2. The number of carbonyl (C=O) groups is 2. The standard InChI is InChI=1S/C24H23FN4O3/c25-19-11-18(8-9-20(19)29-14-26-13-27-29)23(30)28-22-17-7-6-16(10-17)21(22)24(31)32-12-15-4-2-1-3-5-15/h1-5,8-9,11,13-14,16-17,21-22H,6-7,10,12H2,(H,28,30)/t16-,17-,21-,22-/m0/s1. The molecule has 8 heteroatoms. The smallest absolute Gasteiger partial charge is 0.311 e. The van der Waals surface area contributed by atoms with Crippen LogP contribution < -0.4 is 5.32 Å². The summed E-state index contributed by atoms with van der Waals surface area (Å²) in [7, 11) is 0. The third kappa shape index (κ3) is 3.88. The van der Waals surface area contributed by atoms with Crippen LogP contribution in [0.1, 0.15) is 35.2 Å². The minimum absolute atomic E-state index is 0.200. The van der Waals surface area contributed by atoms with Gasteiger partial charge in [-0.15, -0.1) is 0 Å². The van der Waals surface area contributed by atoms with Crippen LogP contribution >= 0.6 is 0 Å². The Kier molecular flexibility index (Phi) is 5.43. The van der Waals surface area contributed by atoms with Gasteiger partial charge in [-0.25, -0.2) is 14.1 Å². The zero-order valence-corrected chi connectivity index (χ0v) is 17.4. The average Bonchev–Trinajstić information content (AvgIpc) is 3.56. The van der Waals surface area contributed by atoms with Gasteiger partial charge in [-0.2, -0.15) is 5.10 Å². The van der Waals surface area contributed by atoms with E-state index in [4.69, 9.17) is 4.74 Å². The first-order valence-corrected chi connectivity index (χ1v) is 10.8. The molecule has 1 N–H and O–H groups in total. The molecule has 2 saturated carbocycles. The summed E-state index contributed by atoms with van der Waals surface area (Å²) in [6, 6.07) is 13.4. The van der Waals surface area contributed by atoms with Crippen molar-refractivity contribution in [3.05, 3.63) is 78.1 Å². The molecular formula is C24H23FN4O3. The van der Waals surface area contributed by atoms with Gasteiger partial charge in [-0.1, -0.05) is 30.3 Å². The molecule has 0 aliphatic heterocycles. The van der Waals surface area contributed by atoms with E-state index in [-0.39, 0.29) is 47.6 Å². The Morgan fingerprint density at radius 3 is 2.69 bits per heavy atom. The van der Waals surface area contributed by atoms with Gasteiger partial charge in [-0.3, -0.25) is 9.59 Å². The summed E-state index contributed by atoms with van der Waals surface area (Å²) in [5, 5.41) is 6.91. The predicted octanol–water partition coefficient (Wildman–Crippen LogP) is 3.29. The molecule has 0 saturated heterocycles. The zero-order valence-electron chi connectivity index (χ0n) is 17.4. The lowest BCUT2D eigenvalue weighted by Crippen LogP contribution is -2.47. The Morgan fingerprint density at radius 1 is 1.12 bits per heavy atom. The fraction of sp³-hybridized carbons (Fsp3) is 0.333. The van der Waals surface area contributed by atoms with Gasteiger partial charge in [0.25, 0.3) is 5.91 Å². The molecular weight excluding hydrogens is 411 g/mol. The van der Waals surface area contributed by atoms with E-state index in [2.05, 4.69) is 15.4 Å². The van der Waals surface area contributed by atoms with Crippen molar-refractivity contribution in [1.29, 1.82) is 0 Å². The van der Waals surface area contributed by atoms with Crippen LogP contribution in [-0.2, 0) is 16.1 Å². The maximum Gasteiger partial charge on any atom is 0.311 e. The molecule has 7 nitrogen and oxygen atoms in total. The summed E-state index contributed by atoms with van der Waals surface area (Å²) < 4.78 is 21.5. The minimum Gasteiger partial charge on any atom is -0.461 e. The van der Waals surface area contributed by atoms with Crippen molar-refractivity contribution in [3.8, 4) is 5.69 Å². The highest BCUT2D eigenvalue weighted by Gasteiger charge is 2.52. The second kappa shape index (κ2) is 8.53. The second-order valence-corrected chi connectivity index (χ2v) is 8.46. The van der Waals surface area contributed by atoms with E-state index in [0.29, 0.717) is 0 Å². The molecule has 32 heavy (non-hydrogen) atoms. The SMILES string of the molecule is O=C(N[C@H]1[C@H]2CC[C@@H](C2)[C@@H]1C(=O)OCc1ccccc1)c1ccc(-n2cncn2)c(F)c1. The molecule has 2 aromatic carbocycles. The molecule has 0 radical (unpaired) electrons. The van der Waals surface area contributed by atoms with Gasteiger partial charge in [0, 0.05) is 11.6 Å². The fourth-order valence-electron chi connectivity index (χ4n) is 5.06. The number of nitrogens with one attached hydrogen (secondary N) is 1. The third-order valence-corrected chi connectivity index (χ3v) is 6.59. The van der Waals surface area contributed by atoms with Crippen molar-refractivity contribution in [2.45, 2.75) is 31.9 Å². The maximum absolute atomic E-state index is 14.6. The Morgan fingerprint density at radius 2 is 1.94 bits per heavy atom. The molecule has 2 fully saturated rings. The molecule has 164 valence electrons. The molecule has 2 aliphatic carbocycles. The van der Waals surface area contributed by atoms with Crippen molar-refractivity contribution >= 4 is 11.9 Å². The van der Waals surface area contributed by atoms with Gasteiger partial charge >= 0.3 is 5.97 Å². The number of ether oxygens (including phenoxy) is 1. The molecule has 2 aliphatic rings. The number of aromatic nitrogens is 3. The van der Waals surface area contributed by atoms with E-state index in [1.807, 2.05) is 30.3 Å². The molecule has 0 unspecified atom stereocenters. The molecule has 1 aromatic heterocycles. The highest BCUT2D eigenvalue weighted by atomic mass is 19.1. The monoisotopic (exact) mass is 434 g/mol. The van der Waals surface area contributed by atoms with Crippen LogP contribution in [0.15, 0.2) is 61.2 Å². The molecule has 5 rings (SSSR count). The number of amides is 1. The number of hydrogen-bond acceptors (Lipinski definition) is 5.